The van der Waals surface area contributed by atoms with E-state index in [2.05, 4.69) is 27.3 Å². The molecule has 1 aromatic rings. The molecular formula is C15H20BrNO3. The number of hydrogen-bond acceptors (Lipinski definition) is 4. The number of ether oxygens (including phenoxy) is 2. The Labute approximate surface area is 128 Å². The van der Waals surface area contributed by atoms with Gasteiger partial charge >= 0.3 is 5.97 Å². The molecule has 1 aliphatic heterocycles. The highest BCUT2D eigenvalue weighted by atomic mass is 79.9. The molecule has 1 N–H and O–H groups in total. The highest BCUT2D eigenvalue weighted by molar-refractivity contribution is 9.10. The molecule has 0 saturated carbocycles. The molecule has 1 aliphatic rings. The zero-order valence-corrected chi connectivity index (χ0v) is 13.7. The molecule has 20 heavy (non-hydrogen) atoms. The average molecular weight is 342 g/mol. The summed E-state index contributed by atoms with van der Waals surface area (Å²) >= 11 is 3.50. The van der Waals surface area contributed by atoms with Gasteiger partial charge in [-0.15, -0.1) is 0 Å². The van der Waals surface area contributed by atoms with Gasteiger partial charge in [-0.2, -0.15) is 0 Å². The van der Waals surface area contributed by atoms with Crippen LogP contribution in [-0.4, -0.2) is 24.7 Å². The van der Waals surface area contributed by atoms with Crippen LogP contribution in [0, 0.1) is 0 Å². The van der Waals surface area contributed by atoms with Gasteiger partial charge in [-0.05, 0) is 38.5 Å². The number of carbonyl (C=O) groups is 1. The molecule has 0 atom stereocenters. The molecule has 5 heteroatoms. The van der Waals surface area contributed by atoms with Crippen molar-refractivity contribution in [3.63, 3.8) is 0 Å². The molecule has 110 valence electrons. The molecule has 0 bridgehead atoms. The van der Waals surface area contributed by atoms with E-state index in [-0.39, 0.29) is 12.5 Å². The second-order valence-corrected chi connectivity index (χ2v) is 6.76. The van der Waals surface area contributed by atoms with Crippen molar-refractivity contribution in [2.24, 2.45) is 0 Å². The first-order valence-electron chi connectivity index (χ1n) is 6.72. The Morgan fingerprint density at radius 1 is 1.45 bits per heavy atom. The number of rotatable bonds is 4. The summed E-state index contributed by atoms with van der Waals surface area (Å²) in [6.45, 7) is 7.09. The van der Waals surface area contributed by atoms with Crippen molar-refractivity contribution in [3.8, 4) is 5.75 Å². The summed E-state index contributed by atoms with van der Waals surface area (Å²) in [6, 6.07) is 4.10. The molecule has 0 saturated heterocycles. The van der Waals surface area contributed by atoms with Gasteiger partial charge in [-0.3, -0.25) is 4.79 Å². The van der Waals surface area contributed by atoms with Crippen LogP contribution in [0.25, 0.3) is 0 Å². The van der Waals surface area contributed by atoms with E-state index in [1.54, 1.807) is 0 Å². The molecule has 0 unspecified atom stereocenters. The van der Waals surface area contributed by atoms with Gasteiger partial charge in [0.2, 0.25) is 0 Å². The van der Waals surface area contributed by atoms with Crippen LogP contribution in [0.15, 0.2) is 16.6 Å². The topological polar surface area (TPSA) is 47.6 Å². The monoisotopic (exact) mass is 341 g/mol. The fourth-order valence-electron chi connectivity index (χ4n) is 2.15. The van der Waals surface area contributed by atoms with Crippen molar-refractivity contribution in [1.29, 1.82) is 0 Å². The Morgan fingerprint density at radius 2 is 2.20 bits per heavy atom. The highest BCUT2D eigenvalue weighted by Crippen LogP contribution is 2.32. The largest absolute Gasteiger partial charge is 0.493 e. The van der Waals surface area contributed by atoms with E-state index in [1.165, 1.54) is 5.56 Å². The minimum Gasteiger partial charge on any atom is -0.493 e. The fourth-order valence-corrected chi connectivity index (χ4v) is 2.71. The van der Waals surface area contributed by atoms with Crippen molar-refractivity contribution < 1.29 is 14.3 Å². The molecule has 2 rings (SSSR count). The molecule has 1 aromatic carbocycles. The minimum absolute atomic E-state index is 0.193. The summed E-state index contributed by atoms with van der Waals surface area (Å²) < 4.78 is 11.9. The van der Waals surface area contributed by atoms with E-state index in [9.17, 15) is 4.79 Å². The van der Waals surface area contributed by atoms with Gasteiger partial charge in [-0.1, -0.05) is 15.9 Å². The highest BCUT2D eigenvalue weighted by Gasteiger charge is 2.18. The predicted molar refractivity (Wildman–Crippen MR) is 80.9 cm³/mol. The summed E-state index contributed by atoms with van der Waals surface area (Å²) in [6.07, 6.45) is 0.938. The van der Waals surface area contributed by atoms with Gasteiger partial charge in [0.25, 0.3) is 0 Å². The summed E-state index contributed by atoms with van der Waals surface area (Å²) in [7, 11) is 0. The van der Waals surface area contributed by atoms with E-state index < -0.39 is 5.60 Å². The normalized spacial score (nSPS) is 13.8. The first kappa shape index (κ1) is 15.3. The van der Waals surface area contributed by atoms with E-state index in [1.807, 2.05) is 26.8 Å². The van der Waals surface area contributed by atoms with Crippen LogP contribution in [0.5, 0.6) is 5.75 Å². The van der Waals surface area contributed by atoms with Gasteiger partial charge in [-0.25, -0.2) is 0 Å². The van der Waals surface area contributed by atoms with E-state index >= 15 is 0 Å². The lowest BCUT2D eigenvalue weighted by Gasteiger charge is -2.19. The van der Waals surface area contributed by atoms with E-state index in [4.69, 9.17) is 9.47 Å². The number of carbonyl (C=O) groups excluding carboxylic acids is 1. The predicted octanol–water partition coefficient (Wildman–Crippen LogP) is 2.82. The van der Waals surface area contributed by atoms with Crippen LogP contribution in [0.1, 0.15) is 31.9 Å². The molecule has 0 aliphatic carbocycles. The maximum atomic E-state index is 11.6. The van der Waals surface area contributed by atoms with Gasteiger partial charge in [0.05, 0.1) is 13.2 Å². The van der Waals surface area contributed by atoms with Crippen LogP contribution < -0.4 is 10.1 Å². The van der Waals surface area contributed by atoms with Crippen molar-refractivity contribution in [2.75, 3.05) is 13.2 Å². The van der Waals surface area contributed by atoms with Crippen LogP contribution in [0.4, 0.5) is 0 Å². The molecule has 4 nitrogen and oxygen atoms in total. The zero-order chi connectivity index (χ0) is 14.8. The van der Waals surface area contributed by atoms with Crippen LogP contribution in [0.3, 0.4) is 0 Å². The Morgan fingerprint density at radius 3 is 2.90 bits per heavy atom. The Hall–Kier alpha value is -1.07. The first-order valence-corrected chi connectivity index (χ1v) is 7.51. The Bertz CT molecular complexity index is 509. The van der Waals surface area contributed by atoms with Crippen LogP contribution in [-0.2, 0) is 22.5 Å². The summed E-state index contributed by atoms with van der Waals surface area (Å²) in [4.78, 5) is 11.6. The second-order valence-electron chi connectivity index (χ2n) is 5.84. The quantitative estimate of drug-likeness (QED) is 0.855. The lowest BCUT2D eigenvalue weighted by atomic mass is 10.1. The molecule has 0 aromatic heterocycles. The zero-order valence-electron chi connectivity index (χ0n) is 12.1. The van der Waals surface area contributed by atoms with E-state index in [0.717, 1.165) is 28.8 Å². The van der Waals surface area contributed by atoms with Gasteiger partial charge in [0.1, 0.15) is 11.4 Å². The third kappa shape index (κ3) is 4.21. The number of nitrogens with one attached hydrogen (secondary N) is 1. The molecule has 1 heterocycles. The Kier molecular flexibility index (Phi) is 4.70. The lowest BCUT2D eigenvalue weighted by Crippen LogP contribution is -2.31. The standard InChI is InChI=1S/C15H20BrNO3/c1-15(2,3)20-13(18)9-17-8-11-7-12(16)6-10-4-5-19-14(10)11/h6-7,17H,4-5,8-9H2,1-3H3. The third-order valence-electron chi connectivity index (χ3n) is 2.83. The van der Waals surface area contributed by atoms with Crippen LogP contribution in [0.2, 0.25) is 0 Å². The third-order valence-corrected chi connectivity index (χ3v) is 3.29. The molecular weight excluding hydrogens is 322 g/mol. The fraction of sp³-hybridized carbons (Fsp3) is 0.533. The van der Waals surface area contributed by atoms with Gasteiger partial charge < -0.3 is 14.8 Å². The lowest BCUT2D eigenvalue weighted by molar-refractivity contribution is -0.153. The van der Waals surface area contributed by atoms with E-state index in [0.29, 0.717) is 6.54 Å². The van der Waals surface area contributed by atoms with Crippen molar-refractivity contribution in [1.82, 2.24) is 5.32 Å². The summed E-state index contributed by atoms with van der Waals surface area (Å²) in [5.74, 6) is 0.704. The van der Waals surface area contributed by atoms with Crippen molar-refractivity contribution in [3.05, 3.63) is 27.7 Å². The number of halogens is 1. The smallest absolute Gasteiger partial charge is 0.320 e. The number of benzene rings is 1. The maximum absolute atomic E-state index is 11.6. The van der Waals surface area contributed by atoms with Crippen molar-refractivity contribution >= 4 is 21.9 Å². The van der Waals surface area contributed by atoms with Crippen molar-refractivity contribution in [2.45, 2.75) is 39.3 Å². The van der Waals surface area contributed by atoms with Crippen LogP contribution >= 0.6 is 15.9 Å². The molecule has 0 spiro atoms. The molecule has 0 amide bonds. The summed E-state index contributed by atoms with van der Waals surface area (Å²) in [5, 5.41) is 3.11. The summed E-state index contributed by atoms with van der Waals surface area (Å²) in [5.41, 5.74) is 1.84. The first-order chi connectivity index (χ1) is 9.35. The van der Waals surface area contributed by atoms with Gasteiger partial charge in [0, 0.05) is 23.0 Å². The molecule has 0 radical (unpaired) electrons. The SMILES string of the molecule is CC(C)(C)OC(=O)CNCc1cc(Br)cc2c1OCC2. The average Bonchev–Trinajstić information content (AvgIpc) is 2.74. The minimum atomic E-state index is -0.446. The maximum Gasteiger partial charge on any atom is 0.320 e. The molecule has 0 fully saturated rings. The second kappa shape index (κ2) is 6.14. The number of esters is 1. The number of fused-ring (bicyclic) bond motifs is 1. The van der Waals surface area contributed by atoms with Gasteiger partial charge in [0.15, 0.2) is 0 Å². The number of hydrogen-bond donors (Lipinski definition) is 1. The Balaban J connectivity index is 1.91.